The number of carboxylic acid groups (broad SMARTS) is 1. The van der Waals surface area contributed by atoms with Crippen LogP contribution in [0.5, 0.6) is 5.75 Å². The Balaban J connectivity index is 1.78. The number of rotatable bonds is 4. The highest BCUT2D eigenvalue weighted by Gasteiger charge is 2.30. The largest absolute Gasteiger partial charge is 0.508 e. The van der Waals surface area contributed by atoms with Crippen LogP contribution in [-0.4, -0.2) is 33.7 Å². The van der Waals surface area contributed by atoms with Gasteiger partial charge in [0.15, 0.2) is 5.71 Å². The Bertz CT molecular complexity index is 903. The van der Waals surface area contributed by atoms with Gasteiger partial charge in [-0.25, -0.2) is 10.2 Å². The predicted molar refractivity (Wildman–Crippen MR) is 88.5 cm³/mol. The summed E-state index contributed by atoms with van der Waals surface area (Å²) in [5, 5.41) is 24.6. The number of carbonyl (C=O) groups is 3. The molecule has 0 fully saturated rings. The molecular formula is C17H13N3O5. The molecule has 1 aliphatic heterocycles. The van der Waals surface area contributed by atoms with Crippen LogP contribution in [-0.2, 0) is 16.0 Å². The number of aromatic hydroxyl groups is 1. The van der Waals surface area contributed by atoms with Crippen LogP contribution >= 0.6 is 0 Å². The first-order valence-electron chi connectivity index (χ1n) is 7.28. The van der Waals surface area contributed by atoms with Crippen molar-refractivity contribution in [2.24, 2.45) is 5.10 Å². The zero-order valence-corrected chi connectivity index (χ0v) is 12.8. The van der Waals surface area contributed by atoms with E-state index in [0.29, 0.717) is 11.1 Å². The van der Waals surface area contributed by atoms with Crippen molar-refractivity contribution in [3.05, 3.63) is 59.2 Å². The third-order valence-electron chi connectivity index (χ3n) is 3.60. The van der Waals surface area contributed by atoms with Crippen molar-refractivity contribution in [2.45, 2.75) is 6.42 Å². The Labute approximate surface area is 141 Å². The summed E-state index contributed by atoms with van der Waals surface area (Å²) in [7, 11) is 0. The summed E-state index contributed by atoms with van der Waals surface area (Å²) in [6.07, 6.45) is 0.0146. The van der Waals surface area contributed by atoms with E-state index in [1.54, 1.807) is 18.2 Å². The number of carboxylic acids is 1. The zero-order valence-electron chi connectivity index (χ0n) is 12.8. The van der Waals surface area contributed by atoms with E-state index in [1.807, 2.05) is 0 Å². The Hall–Kier alpha value is -3.68. The fourth-order valence-corrected chi connectivity index (χ4v) is 2.43. The molecule has 2 amide bonds. The van der Waals surface area contributed by atoms with E-state index in [-0.39, 0.29) is 29.1 Å². The molecule has 0 saturated heterocycles. The SMILES string of the molecule is O=C(Cc1ccc(O)cc1)N/N=C1\C(=O)Nc2c(C(=O)O)cccc21. The number of hydrogen-bond donors (Lipinski definition) is 4. The number of nitrogens with one attached hydrogen (secondary N) is 2. The summed E-state index contributed by atoms with van der Waals surface area (Å²) in [5.41, 5.74) is 3.32. The molecule has 25 heavy (non-hydrogen) atoms. The number of para-hydroxylation sites is 1. The zero-order chi connectivity index (χ0) is 18.0. The Kier molecular flexibility index (Phi) is 4.17. The highest BCUT2D eigenvalue weighted by atomic mass is 16.4. The molecule has 0 aromatic heterocycles. The molecule has 1 aliphatic rings. The molecule has 0 saturated carbocycles. The molecule has 4 N–H and O–H groups in total. The number of anilines is 1. The normalized spacial score (nSPS) is 14.1. The number of benzene rings is 2. The maximum Gasteiger partial charge on any atom is 0.337 e. The van der Waals surface area contributed by atoms with E-state index in [1.165, 1.54) is 24.3 Å². The first kappa shape index (κ1) is 16.2. The summed E-state index contributed by atoms with van der Waals surface area (Å²) >= 11 is 0. The van der Waals surface area contributed by atoms with Gasteiger partial charge < -0.3 is 15.5 Å². The van der Waals surface area contributed by atoms with E-state index >= 15 is 0 Å². The molecular weight excluding hydrogens is 326 g/mol. The van der Waals surface area contributed by atoms with Gasteiger partial charge in [-0.1, -0.05) is 24.3 Å². The highest BCUT2D eigenvalue weighted by molar-refractivity contribution is 6.54. The van der Waals surface area contributed by atoms with E-state index in [4.69, 9.17) is 5.11 Å². The predicted octanol–water partition coefficient (Wildman–Crippen LogP) is 1.11. The van der Waals surface area contributed by atoms with Gasteiger partial charge in [-0.15, -0.1) is 0 Å². The number of nitrogens with zero attached hydrogens (tertiary/aromatic N) is 1. The molecule has 0 bridgehead atoms. The topological polar surface area (TPSA) is 128 Å². The van der Waals surface area contributed by atoms with Crippen LogP contribution < -0.4 is 10.7 Å². The number of fused-ring (bicyclic) bond motifs is 1. The molecule has 126 valence electrons. The maximum atomic E-state index is 12.0. The van der Waals surface area contributed by atoms with Gasteiger partial charge in [0.1, 0.15) is 5.75 Å². The van der Waals surface area contributed by atoms with Gasteiger partial charge in [0.2, 0.25) is 5.91 Å². The van der Waals surface area contributed by atoms with Crippen molar-refractivity contribution < 1.29 is 24.6 Å². The standard InChI is InChI=1S/C17H13N3O5/c21-10-6-4-9(5-7-10)8-13(22)19-20-15-11-2-1-3-12(17(24)25)14(11)18-16(15)23/h1-7,21H,8H2,(H,19,22)(H,24,25)(H,18,20,23). The quantitative estimate of drug-likeness (QED) is 0.620. The first-order valence-corrected chi connectivity index (χ1v) is 7.28. The van der Waals surface area contributed by atoms with Crippen molar-refractivity contribution in [3.8, 4) is 5.75 Å². The van der Waals surface area contributed by atoms with Gasteiger partial charge in [-0.05, 0) is 23.8 Å². The van der Waals surface area contributed by atoms with Crippen LogP contribution in [0.15, 0.2) is 47.6 Å². The van der Waals surface area contributed by atoms with Gasteiger partial charge in [-0.2, -0.15) is 5.10 Å². The minimum atomic E-state index is -1.17. The molecule has 8 heteroatoms. The van der Waals surface area contributed by atoms with Crippen LogP contribution in [0.3, 0.4) is 0 Å². The molecule has 3 rings (SSSR count). The molecule has 0 atom stereocenters. The highest BCUT2D eigenvalue weighted by Crippen LogP contribution is 2.27. The van der Waals surface area contributed by atoms with Gasteiger partial charge in [-0.3, -0.25) is 9.59 Å². The van der Waals surface area contributed by atoms with Crippen molar-refractivity contribution >= 4 is 29.2 Å². The van der Waals surface area contributed by atoms with Crippen LogP contribution in [0.2, 0.25) is 0 Å². The fraction of sp³-hybridized carbons (Fsp3) is 0.0588. The summed E-state index contributed by atoms with van der Waals surface area (Å²) in [5.74, 6) is -2.12. The van der Waals surface area contributed by atoms with Gasteiger partial charge >= 0.3 is 5.97 Å². The van der Waals surface area contributed by atoms with Crippen molar-refractivity contribution in [1.29, 1.82) is 0 Å². The summed E-state index contributed by atoms with van der Waals surface area (Å²) in [6.45, 7) is 0. The molecule has 0 unspecified atom stereocenters. The third-order valence-corrected chi connectivity index (χ3v) is 3.60. The maximum absolute atomic E-state index is 12.0. The smallest absolute Gasteiger partial charge is 0.337 e. The van der Waals surface area contributed by atoms with Crippen molar-refractivity contribution in [1.82, 2.24) is 5.43 Å². The van der Waals surface area contributed by atoms with Crippen LogP contribution in [0, 0.1) is 0 Å². The number of carbonyl (C=O) groups excluding carboxylic acids is 2. The number of amides is 2. The lowest BCUT2D eigenvalue weighted by Crippen LogP contribution is -2.24. The minimum absolute atomic E-state index is 0.0146. The number of aromatic carboxylic acids is 1. The molecule has 2 aromatic carbocycles. The fourth-order valence-electron chi connectivity index (χ4n) is 2.43. The second kappa shape index (κ2) is 6.44. The van der Waals surface area contributed by atoms with E-state index in [9.17, 15) is 19.5 Å². The summed E-state index contributed by atoms with van der Waals surface area (Å²) < 4.78 is 0. The molecule has 1 heterocycles. The van der Waals surface area contributed by atoms with Crippen LogP contribution in [0.4, 0.5) is 5.69 Å². The Morgan fingerprint density at radius 1 is 1.12 bits per heavy atom. The molecule has 0 spiro atoms. The van der Waals surface area contributed by atoms with Gasteiger partial charge in [0.25, 0.3) is 5.91 Å². The van der Waals surface area contributed by atoms with Crippen molar-refractivity contribution in [3.63, 3.8) is 0 Å². The number of phenolic OH excluding ortho intramolecular Hbond substituents is 1. The Morgan fingerprint density at radius 3 is 2.52 bits per heavy atom. The second-order valence-corrected chi connectivity index (χ2v) is 5.33. The monoisotopic (exact) mass is 339 g/mol. The number of phenols is 1. The van der Waals surface area contributed by atoms with E-state index in [0.717, 1.165) is 0 Å². The third kappa shape index (κ3) is 3.32. The van der Waals surface area contributed by atoms with E-state index in [2.05, 4.69) is 15.8 Å². The molecule has 0 radical (unpaired) electrons. The summed E-state index contributed by atoms with van der Waals surface area (Å²) in [6, 6.07) is 10.5. The van der Waals surface area contributed by atoms with Gasteiger partial charge in [0.05, 0.1) is 17.7 Å². The van der Waals surface area contributed by atoms with Crippen molar-refractivity contribution in [2.75, 3.05) is 5.32 Å². The Morgan fingerprint density at radius 2 is 1.84 bits per heavy atom. The van der Waals surface area contributed by atoms with Crippen LogP contribution in [0.1, 0.15) is 21.5 Å². The second-order valence-electron chi connectivity index (χ2n) is 5.33. The van der Waals surface area contributed by atoms with E-state index < -0.39 is 17.8 Å². The average Bonchev–Trinajstić information content (AvgIpc) is 2.90. The number of hydrazone groups is 1. The molecule has 0 aliphatic carbocycles. The van der Waals surface area contributed by atoms with Gasteiger partial charge in [0, 0.05) is 5.56 Å². The summed E-state index contributed by atoms with van der Waals surface area (Å²) in [4.78, 5) is 35.1. The average molecular weight is 339 g/mol. The first-order chi connectivity index (χ1) is 12.0. The molecule has 8 nitrogen and oxygen atoms in total. The number of hydrogen-bond acceptors (Lipinski definition) is 5. The lowest BCUT2D eigenvalue weighted by Gasteiger charge is -2.03. The minimum Gasteiger partial charge on any atom is -0.508 e. The van der Waals surface area contributed by atoms with Crippen LogP contribution in [0.25, 0.3) is 0 Å². The lowest BCUT2D eigenvalue weighted by molar-refractivity contribution is -0.120. The molecule has 2 aromatic rings. The lowest BCUT2D eigenvalue weighted by atomic mass is 10.1.